The third-order valence-electron chi connectivity index (χ3n) is 5.95. The van der Waals surface area contributed by atoms with Crippen molar-refractivity contribution in [3.63, 3.8) is 0 Å². The van der Waals surface area contributed by atoms with Gasteiger partial charge in [0.25, 0.3) is 0 Å². The molecular formula is C27H23NO4. The van der Waals surface area contributed by atoms with Crippen LogP contribution in [0.2, 0.25) is 0 Å². The van der Waals surface area contributed by atoms with Crippen LogP contribution < -0.4 is 4.74 Å². The van der Waals surface area contributed by atoms with Gasteiger partial charge in [-0.2, -0.15) is 0 Å². The van der Waals surface area contributed by atoms with Crippen LogP contribution in [0.1, 0.15) is 40.7 Å². The van der Waals surface area contributed by atoms with Gasteiger partial charge < -0.3 is 14.3 Å². The summed E-state index contributed by atoms with van der Waals surface area (Å²) in [6.45, 7) is 2.14. The summed E-state index contributed by atoms with van der Waals surface area (Å²) in [6, 6.07) is 19.0. The van der Waals surface area contributed by atoms with E-state index in [1.165, 1.54) is 0 Å². The summed E-state index contributed by atoms with van der Waals surface area (Å²) in [5.41, 5.74) is 4.60. The fourth-order valence-electron chi connectivity index (χ4n) is 4.49. The van der Waals surface area contributed by atoms with Crippen molar-refractivity contribution < 1.29 is 19.1 Å². The van der Waals surface area contributed by atoms with Gasteiger partial charge >= 0.3 is 5.97 Å². The van der Waals surface area contributed by atoms with Gasteiger partial charge in [-0.05, 0) is 78.4 Å². The van der Waals surface area contributed by atoms with Gasteiger partial charge in [0.15, 0.2) is 0 Å². The molecule has 1 N–H and O–H groups in total. The van der Waals surface area contributed by atoms with E-state index < -0.39 is 5.97 Å². The number of ether oxygens (including phenoxy) is 1. The van der Waals surface area contributed by atoms with Crippen LogP contribution in [0.5, 0.6) is 5.75 Å². The third-order valence-corrected chi connectivity index (χ3v) is 5.95. The first kappa shape index (κ1) is 20.1. The summed E-state index contributed by atoms with van der Waals surface area (Å²) in [6.07, 6.45) is 3.51. The van der Waals surface area contributed by atoms with Gasteiger partial charge in [0, 0.05) is 10.9 Å². The number of carbonyl (C=O) groups is 1. The van der Waals surface area contributed by atoms with Gasteiger partial charge in [0.1, 0.15) is 17.3 Å². The largest absolute Gasteiger partial charge is 0.497 e. The van der Waals surface area contributed by atoms with E-state index in [9.17, 15) is 9.90 Å². The Morgan fingerprint density at radius 3 is 2.62 bits per heavy atom. The van der Waals surface area contributed by atoms with Crippen molar-refractivity contribution >= 4 is 28.5 Å². The molecule has 0 bridgehead atoms. The number of hydrogen-bond acceptors (Lipinski definition) is 4. The van der Waals surface area contributed by atoms with Gasteiger partial charge in [-0.1, -0.05) is 25.1 Å². The highest BCUT2D eigenvalue weighted by Crippen LogP contribution is 2.39. The van der Waals surface area contributed by atoms with Gasteiger partial charge in [0.2, 0.25) is 0 Å². The number of furan rings is 1. The zero-order chi connectivity index (χ0) is 22.2. The second-order valence-corrected chi connectivity index (χ2v) is 8.25. The number of benzene rings is 2. The molecule has 2 heterocycles. The Morgan fingerprint density at radius 1 is 1.09 bits per heavy atom. The van der Waals surface area contributed by atoms with Crippen molar-refractivity contribution in [2.24, 2.45) is 5.92 Å². The van der Waals surface area contributed by atoms with E-state index >= 15 is 0 Å². The molecule has 5 nitrogen and oxygen atoms in total. The number of rotatable bonds is 4. The van der Waals surface area contributed by atoms with Crippen LogP contribution in [0.4, 0.5) is 0 Å². The molecule has 1 unspecified atom stereocenters. The van der Waals surface area contributed by atoms with E-state index in [1.54, 1.807) is 7.11 Å². The van der Waals surface area contributed by atoms with E-state index in [-0.39, 0.29) is 0 Å². The maximum Gasteiger partial charge on any atom is 0.336 e. The fourth-order valence-corrected chi connectivity index (χ4v) is 4.49. The number of pyridine rings is 1. The molecule has 0 aliphatic heterocycles. The maximum absolute atomic E-state index is 12.2. The van der Waals surface area contributed by atoms with Gasteiger partial charge in [-0.15, -0.1) is 0 Å². The summed E-state index contributed by atoms with van der Waals surface area (Å²) in [5, 5.41) is 10.7. The number of fused-ring (bicyclic) bond motifs is 2. The fraction of sp³-hybridized carbons (Fsp3) is 0.185. The second-order valence-electron chi connectivity index (χ2n) is 8.25. The van der Waals surface area contributed by atoms with Crippen LogP contribution >= 0.6 is 0 Å². The zero-order valence-electron chi connectivity index (χ0n) is 18.0. The Kier molecular flexibility index (Phi) is 5.02. The SMILES string of the molecule is COc1ccc(-c2ccc(/C=C3\CC(C)Cc4c3nc3ccccc3c4C(=O)O)o2)cc1. The monoisotopic (exact) mass is 425 g/mol. The molecule has 0 fully saturated rings. The summed E-state index contributed by atoms with van der Waals surface area (Å²) < 4.78 is 11.3. The first-order valence-electron chi connectivity index (χ1n) is 10.6. The van der Waals surface area contributed by atoms with E-state index in [4.69, 9.17) is 14.1 Å². The summed E-state index contributed by atoms with van der Waals surface area (Å²) >= 11 is 0. The maximum atomic E-state index is 12.2. The van der Waals surface area contributed by atoms with Crippen LogP contribution in [0, 0.1) is 5.92 Å². The normalized spacial score (nSPS) is 16.8. The topological polar surface area (TPSA) is 72.6 Å². The van der Waals surface area contributed by atoms with Gasteiger partial charge in [0.05, 0.1) is 23.9 Å². The number of para-hydroxylation sites is 1. The van der Waals surface area contributed by atoms with Crippen LogP contribution in [0.25, 0.3) is 33.9 Å². The lowest BCUT2D eigenvalue weighted by Gasteiger charge is -2.25. The van der Waals surface area contributed by atoms with Crippen LogP contribution in [-0.2, 0) is 6.42 Å². The highest BCUT2D eigenvalue weighted by Gasteiger charge is 2.28. The Hall–Kier alpha value is -3.86. The predicted octanol–water partition coefficient (Wildman–Crippen LogP) is 6.32. The minimum Gasteiger partial charge on any atom is -0.497 e. The molecular weight excluding hydrogens is 402 g/mol. The molecule has 0 radical (unpaired) electrons. The van der Waals surface area contributed by atoms with Crippen LogP contribution in [-0.4, -0.2) is 23.2 Å². The lowest BCUT2D eigenvalue weighted by atomic mass is 9.81. The van der Waals surface area contributed by atoms with E-state index in [0.717, 1.165) is 46.1 Å². The number of nitrogens with zero attached hydrogens (tertiary/aromatic N) is 1. The molecule has 4 aromatic rings. The van der Waals surface area contributed by atoms with Crippen LogP contribution in [0.15, 0.2) is 65.1 Å². The highest BCUT2D eigenvalue weighted by atomic mass is 16.5. The number of aromatic carboxylic acids is 1. The molecule has 1 aliphatic carbocycles. The molecule has 0 amide bonds. The Bertz CT molecular complexity index is 1350. The summed E-state index contributed by atoms with van der Waals surface area (Å²) in [4.78, 5) is 17.1. The van der Waals surface area contributed by atoms with Gasteiger partial charge in [-0.25, -0.2) is 9.78 Å². The average Bonchev–Trinajstić information content (AvgIpc) is 3.26. The minimum atomic E-state index is -0.909. The lowest BCUT2D eigenvalue weighted by molar-refractivity contribution is 0.0697. The summed E-state index contributed by atoms with van der Waals surface area (Å²) in [7, 11) is 1.64. The second kappa shape index (κ2) is 8.00. The number of hydrogen-bond donors (Lipinski definition) is 1. The minimum absolute atomic E-state index is 0.311. The van der Waals surface area contributed by atoms with Crippen molar-refractivity contribution in [3.05, 3.63) is 83.2 Å². The first-order valence-corrected chi connectivity index (χ1v) is 10.6. The standard InChI is InChI=1S/C27H23NO4/c1-16-13-18(15-20-11-12-24(32-20)17-7-9-19(31-2)10-8-17)26-22(14-16)25(27(29)30)21-5-3-4-6-23(21)28-26/h3-12,15-16H,13-14H2,1-2H3,(H,29,30)/b18-15+. The van der Waals surface area contributed by atoms with E-state index in [2.05, 4.69) is 6.92 Å². The molecule has 1 aliphatic rings. The summed E-state index contributed by atoms with van der Waals surface area (Å²) in [5.74, 6) is 1.68. The van der Waals surface area contributed by atoms with Crippen molar-refractivity contribution in [2.75, 3.05) is 7.11 Å². The lowest BCUT2D eigenvalue weighted by Crippen LogP contribution is -2.17. The first-order chi connectivity index (χ1) is 15.5. The highest BCUT2D eigenvalue weighted by molar-refractivity contribution is 6.05. The van der Waals surface area contributed by atoms with Gasteiger partial charge in [-0.3, -0.25) is 0 Å². The van der Waals surface area contributed by atoms with Crippen molar-refractivity contribution in [3.8, 4) is 17.1 Å². The molecule has 5 heteroatoms. The molecule has 160 valence electrons. The quantitative estimate of drug-likeness (QED) is 0.414. The number of carboxylic acids is 1. The van der Waals surface area contributed by atoms with Crippen molar-refractivity contribution in [2.45, 2.75) is 19.8 Å². The Balaban J connectivity index is 1.60. The molecule has 5 rings (SSSR count). The molecule has 0 saturated carbocycles. The number of carboxylic acid groups (broad SMARTS) is 1. The molecule has 2 aromatic carbocycles. The number of allylic oxidation sites excluding steroid dienone is 1. The molecule has 0 spiro atoms. The molecule has 2 aromatic heterocycles. The van der Waals surface area contributed by atoms with E-state index in [1.807, 2.05) is 66.7 Å². The smallest absolute Gasteiger partial charge is 0.336 e. The average molecular weight is 425 g/mol. The number of aromatic nitrogens is 1. The molecule has 32 heavy (non-hydrogen) atoms. The van der Waals surface area contributed by atoms with Crippen molar-refractivity contribution in [1.29, 1.82) is 0 Å². The molecule has 1 atom stereocenters. The predicted molar refractivity (Wildman–Crippen MR) is 125 cm³/mol. The molecule has 0 saturated heterocycles. The van der Waals surface area contributed by atoms with E-state index in [0.29, 0.717) is 28.8 Å². The zero-order valence-corrected chi connectivity index (χ0v) is 18.0. The number of methoxy groups -OCH3 is 1. The third kappa shape index (κ3) is 3.56. The Morgan fingerprint density at radius 2 is 1.88 bits per heavy atom. The Labute approximate surface area is 186 Å². The van der Waals surface area contributed by atoms with Crippen LogP contribution in [0.3, 0.4) is 0 Å². The van der Waals surface area contributed by atoms with Crippen molar-refractivity contribution in [1.82, 2.24) is 4.98 Å².